The van der Waals surface area contributed by atoms with Crippen LogP contribution in [0.2, 0.25) is 0 Å². The molecule has 0 bridgehead atoms. The molecule has 4 nitrogen and oxygen atoms in total. The lowest BCUT2D eigenvalue weighted by Crippen LogP contribution is -2.33. The zero-order valence-electron chi connectivity index (χ0n) is 13.7. The first-order chi connectivity index (χ1) is 11.0. The quantitative estimate of drug-likeness (QED) is 0.708. The molecule has 118 valence electrons. The first-order valence-corrected chi connectivity index (χ1v) is 8.10. The van der Waals surface area contributed by atoms with Crippen LogP contribution in [0.15, 0.2) is 24.3 Å². The normalized spacial score (nSPS) is 19.7. The summed E-state index contributed by atoms with van der Waals surface area (Å²) >= 11 is 0. The number of fused-ring (bicyclic) bond motifs is 5. The number of aromatic amines is 1. The number of H-pyrrole nitrogens is 1. The van der Waals surface area contributed by atoms with Gasteiger partial charge in [-0.3, -0.25) is 9.78 Å². The van der Waals surface area contributed by atoms with Gasteiger partial charge in [-0.25, -0.2) is 0 Å². The number of aromatic nitrogens is 2. The molecule has 0 saturated heterocycles. The van der Waals surface area contributed by atoms with Crippen molar-refractivity contribution in [2.75, 3.05) is 0 Å². The molecular weight excluding hydrogens is 286 g/mol. The lowest BCUT2D eigenvalue weighted by Gasteiger charge is -2.36. The Morgan fingerprint density at radius 2 is 2.13 bits per heavy atom. The summed E-state index contributed by atoms with van der Waals surface area (Å²) in [5.74, 6) is 0. The highest BCUT2D eigenvalue weighted by Crippen LogP contribution is 2.44. The molecule has 1 aliphatic carbocycles. The molecule has 3 aromatic rings. The predicted octanol–water partition coefficient (Wildman–Crippen LogP) is 3.78. The number of hydrogen-bond donors (Lipinski definition) is 2. The van der Waals surface area contributed by atoms with E-state index in [2.05, 4.69) is 49.3 Å². The topological polar surface area (TPSA) is 57.8 Å². The van der Waals surface area contributed by atoms with E-state index in [1.165, 1.54) is 16.3 Å². The minimum Gasteiger partial charge on any atom is -0.353 e. The monoisotopic (exact) mass is 307 g/mol. The van der Waals surface area contributed by atoms with Gasteiger partial charge in [0.1, 0.15) is 0 Å². The molecule has 2 heterocycles. The second-order valence-corrected chi connectivity index (χ2v) is 7.36. The number of benzene rings is 1. The molecule has 1 aliphatic rings. The largest absolute Gasteiger partial charge is 0.353 e. The van der Waals surface area contributed by atoms with Crippen molar-refractivity contribution in [1.29, 1.82) is 0 Å². The van der Waals surface area contributed by atoms with E-state index in [-0.39, 0.29) is 11.5 Å². The molecule has 1 atom stereocenters. The van der Waals surface area contributed by atoms with Crippen LogP contribution in [0.25, 0.3) is 21.8 Å². The summed E-state index contributed by atoms with van der Waals surface area (Å²) < 4.78 is 0. The average Bonchev–Trinajstić information content (AvgIpc) is 2.86. The van der Waals surface area contributed by atoms with Crippen LogP contribution in [-0.4, -0.2) is 16.4 Å². The van der Waals surface area contributed by atoms with E-state index in [1.54, 1.807) is 0 Å². The average molecular weight is 307 g/mol. The summed E-state index contributed by atoms with van der Waals surface area (Å²) in [4.78, 5) is 19.5. The highest BCUT2D eigenvalue weighted by atomic mass is 16.1. The molecule has 0 radical (unpaired) electrons. The number of nitrogens with one attached hydrogen (secondary N) is 2. The molecule has 2 N–H and O–H groups in total. The Hall–Kier alpha value is -2.36. The number of aryl methyl sites for hydroxylation is 1. The van der Waals surface area contributed by atoms with Crippen LogP contribution in [0.5, 0.6) is 0 Å². The number of rotatable bonds is 2. The van der Waals surface area contributed by atoms with E-state index in [4.69, 9.17) is 4.98 Å². The van der Waals surface area contributed by atoms with Gasteiger partial charge in [0, 0.05) is 27.5 Å². The molecular formula is C19H21N3O. The third-order valence-electron chi connectivity index (χ3n) is 4.97. The lowest BCUT2D eigenvalue weighted by atomic mass is 9.73. The predicted molar refractivity (Wildman–Crippen MR) is 92.4 cm³/mol. The van der Waals surface area contributed by atoms with Crippen LogP contribution >= 0.6 is 0 Å². The van der Waals surface area contributed by atoms with Crippen LogP contribution in [0.3, 0.4) is 0 Å². The first kappa shape index (κ1) is 14.2. The molecule has 2 aromatic heterocycles. The maximum atomic E-state index is 11.2. The smallest absolute Gasteiger partial charge is 0.207 e. The maximum absolute atomic E-state index is 11.2. The summed E-state index contributed by atoms with van der Waals surface area (Å²) in [6, 6.07) is 8.35. The Balaban J connectivity index is 2.11. The van der Waals surface area contributed by atoms with Crippen molar-refractivity contribution in [3.8, 4) is 0 Å². The molecule has 1 unspecified atom stereocenters. The molecule has 0 saturated carbocycles. The Bertz CT molecular complexity index is 923. The minimum absolute atomic E-state index is 0.0149. The van der Waals surface area contributed by atoms with Crippen molar-refractivity contribution in [2.45, 2.75) is 39.7 Å². The van der Waals surface area contributed by atoms with Gasteiger partial charge in [0.15, 0.2) is 0 Å². The molecule has 4 heteroatoms. The van der Waals surface area contributed by atoms with E-state index in [0.717, 1.165) is 41.7 Å². The number of hydrogen-bond acceptors (Lipinski definition) is 2. The summed E-state index contributed by atoms with van der Waals surface area (Å²) in [7, 11) is 0. The van der Waals surface area contributed by atoms with Crippen molar-refractivity contribution in [3.05, 3.63) is 41.2 Å². The number of para-hydroxylation sites is 1. The fourth-order valence-electron chi connectivity index (χ4n) is 4.07. The van der Waals surface area contributed by atoms with Gasteiger partial charge in [-0.1, -0.05) is 32.0 Å². The fraction of sp³-hybridized carbons (Fsp3) is 0.368. The Morgan fingerprint density at radius 3 is 2.91 bits per heavy atom. The van der Waals surface area contributed by atoms with Gasteiger partial charge in [-0.05, 0) is 31.2 Å². The molecule has 0 spiro atoms. The number of carbonyl (C=O) groups excluding carboxylic acids is 1. The number of amides is 1. The van der Waals surface area contributed by atoms with Crippen molar-refractivity contribution in [1.82, 2.24) is 15.3 Å². The fourth-order valence-corrected chi connectivity index (χ4v) is 4.07. The molecule has 0 fully saturated rings. The minimum atomic E-state index is 0.0149. The standard InChI is InChI=1S/C19H21N3O/c1-11-18-16(12-6-4-5-7-13(12)22-18)17-14(20-10-23)8-19(2,3)9-15(17)21-11/h4-7,10,14,22H,8-9H2,1-3H3,(H,20,23). The third-order valence-corrected chi connectivity index (χ3v) is 4.97. The van der Waals surface area contributed by atoms with E-state index < -0.39 is 0 Å². The highest BCUT2D eigenvalue weighted by molar-refractivity contribution is 6.10. The second-order valence-electron chi connectivity index (χ2n) is 7.36. The van der Waals surface area contributed by atoms with Crippen LogP contribution in [0.4, 0.5) is 0 Å². The van der Waals surface area contributed by atoms with Crippen molar-refractivity contribution in [2.24, 2.45) is 5.41 Å². The molecule has 1 aromatic carbocycles. The Morgan fingerprint density at radius 1 is 1.35 bits per heavy atom. The van der Waals surface area contributed by atoms with Crippen LogP contribution in [-0.2, 0) is 11.2 Å². The molecule has 1 amide bonds. The number of nitrogens with zero attached hydrogens (tertiary/aromatic N) is 1. The molecule has 0 aliphatic heterocycles. The van der Waals surface area contributed by atoms with Gasteiger partial charge < -0.3 is 10.3 Å². The Labute approximate surface area is 135 Å². The molecule has 4 rings (SSSR count). The summed E-state index contributed by atoms with van der Waals surface area (Å²) in [6.07, 6.45) is 2.68. The number of pyridine rings is 1. The third kappa shape index (κ3) is 2.12. The summed E-state index contributed by atoms with van der Waals surface area (Å²) in [5.41, 5.74) is 5.67. The van der Waals surface area contributed by atoms with Crippen molar-refractivity contribution >= 4 is 28.2 Å². The maximum Gasteiger partial charge on any atom is 0.207 e. The molecule has 23 heavy (non-hydrogen) atoms. The zero-order valence-corrected chi connectivity index (χ0v) is 13.7. The summed E-state index contributed by atoms with van der Waals surface area (Å²) in [5, 5.41) is 5.46. The van der Waals surface area contributed by atoms with Gasteiger partial charge in [0.2, 0.25) is 6.41 Å². The van der Waals surface area contributed by atoms with Gasteiger partial charge in [0.25, 0.3) is 0 Å². The van der Waals surface area contributed by atoms with Crippen molar-refractivity contribution in [3.63, 3.8) is 0 Å². The number of carbonyl (C=O) groups is 1. The van der Waals surface area contributed by atoms with Gasteiger partial charge in [-0.15, -0.1) is 0 Å². The van der Waals surface area contributed by atoms with Crippen LogP contribution in [0, 0.1) is 12.3 Å². The van der Waals surface area contributed by atoms with Crippen molar-refractivity contribution < 1.29 is 4.79 Å². The highest BCUT2D eigenvalue weighted by Gasteiger charge is 2.35. The summed E-state index contributed by atoms with van der Waals surface area (Å²) in [6.45, 7) is 6.54. The lowest BCUT2D eigenvalue weighted by molar-refractivity contribution is -0.110. The van der Waals surface area contributed by atoms with E-state index >= 15 is 0 Å². The van der Waals surface area contributed by atoms with Gasteiger partial charge >= 0.3 is 0 Å². The van der Waals surface area contributed by atoms with Crippen LogP contribution < -0.4 is 5.32 Å². The van der Waals surface area contributed by atoms with Gasteiger partial charge in [0.05, 0.1) is 17.3 Å². The second kappa shape index (κ2) is 4.82. The van der Waals surface area contributed by atoms with Gasteiger partial charge in [-0.2, -0.15) is 0 Å². The SMILES string of the molecule is Cc1nc2c(c3c1[nH]c1ccccc13)C(NC=O)CC(C)(C)C2. The van der Waals surface area contributed by atoms with E-state index in [9.17, 15) is 4.79 Å². The van der Waals surface area contributed by atoms with E-state index in [0.29, 0.717) is 0 Å². The zero-order chi connectivity index (χ0) is 16.2. The van der Waals surface area contributed by atoms with E-state index in [1.807, 2.05) is 6.07 Å². The Kier molecular flexibility index (Phi) is 2.98. The first-order valence-electron chi connectivity index (χ1n) is 8.10. The van der Waals surface area contributed by atoms with Crippen LogP contribution in [0.1, 0.15) is 43.3 Å².